The minimum absolute atomic E-state index is 0.352. The van der Waals surface area contributed by atoms with Crippen LogP contribution in [0.1, 0.15) is 35.7 Å². The number of pyridine rings is 1. The molecule has 19 heavy (non-hydrogen) atoms. The Morgan fingerprint density at radius 3 is 2.58 bits per heavy atom. The molecule has 0 radical (unpaired) electrons. The van der Waals surface area contributed by atoms with Crippen LogP contribution in [0.25, 0.3) is 0 Å². The Morgan fingerprint density at radius 2 is 1.89 bits per heavy atom. The minimum Gasteiger partial charge on any atom is -0.312 e. The van der Waals surface area contributed by atoms with E-state index in [0.717, 1.165) is 12.8 Å². The number of aryl methyl sites for hydroxylation is 2. The highest BCUT2D eigenvalue weighted by Gasteiger charge is 2.12. The van der Waals surface area contributed by atoms with E-state index in [4.69, 9.17) is 0 Å². The molecule has 0 bridgehead atoms. The number of nitrogens with one attached hydrogen (secondary N) is 1. The van der Waals surface area contributed by atoms with E-state index in [-0.39, 0.29) is 0 Å². The van der Waals surface area contributed by atoms with Crippen LogP contribution < -0.4 is 5.32 Å². The molecular formula is C17H22N2. The maximum Gasteiger partial charge on any atom is 0.0602 e. The Balaban J connectivity index is 1.92. The Morgan fingerprint density at radius 1 is 1.11 bits per heavy atom. The first-order valence-electron chi connectivity index (χ1n) is 6.94. The lowest BCUT2D eigenvalue weighted by molar-refractivity contribution is 0.513. The summed E-state index contributed by atoms with van der Waals surface area (Å²) in [5.41, 5.74) is 3.86. The van der Waals surface area contributed by atoms with Gasteiger partial charge in [-0.2, -0.15) is 0 Å². The van der Waals surface area contributed by atoms with Crippen molar-refractivity contribution in [2.24, 2.45) is 0 Å². The van der Waals surface area contributed by atoms with Crippen LogP contribution in [-0.2, 0) is 6.42 Å². The van der Waals surface area contributed by atoms with Crippen molar-refractivity contribution in [2.45, 2.75) is 32.2 Å². The van der Waals surface area contributed by atoms with Gasteiger partial charge in [-0.1, -0.05) is 36.4 Å². The third-order valence-electron chi connectivity index (χ3n) is 3.53. The van der Waals surface area contributed by atoms with E-state index in [1.165, 1.54) is 23.2 Å². The fraction of sp³-hybridized carbons (Fsp3) is 0.353. The summed E-state index contributed by atoms with van der Waals surface area (Å²) in [4.78, 5) is 4.51. The minimum atomic E-state index is 0.352. The van der Waals surface area contributed by atoms with Gasteiger partial charge in [0.15, 0.2) is 0 Å². The van der Waals surface area contributed by atoms with Crippen LogP contribution in [-0.4, -0.2) is 12.0 Å². The van der Waals surface area contributed by atoms with Crippen molar-refractivity contribution in [1.82, 2.24) is 10.3 Å². The first kappa shape index (κ1) is 13.8. The normalized spacial score (nSPS) is 12.3. The smallest absolute Gasteiger partial charge is 0.0602 e. The average molecular weight is 254 g/mol. The lowest BCUT2D eigenvalue weighted by Crippen LogP contribution is -2.18. The predicted octanol–water partition coefficient (Wildman–Crippen LogP) is 3.67. The second-order valence-corrected chi connectivity index (χ2v) is 4.92. The van der Waals surface area contributed by atoms with Gasteiger partial charge in [0.2, 0.25) is 0 Å². The third kappa shape index (κ3) is 3.90. The molecule has 2 heteroatoms. The zero-order valence-corrected chi connectivity index (χ0v) is 11.8. The number of nitrogens with zero attached hydrogens (tertiary/aromatic N) is 1. The standard InChI is InChI=1S/C17H22N2/c1-14-8-7-13-19-17(14)16(18-2)12-6-11-15-9-4-3-5-10-15/h3-5,7-10,13,16,18H,6,11-12H2,1-2H3. The molecule has 100 valence electrons. The molecule has 1 atom stereocenters. The van der Waals surface area contributed by atoms with Gasteiger partial charge < -0.3 is 5.32 Å². The van der Waals surface area contributed by atoms with Crippen molar-refractivity contribution in [3.8, 4) is 0 Å². The van der Waals surface area contributed by atoms with Crippen molar-refractivity contribution in [3.63, 3.8) is 0 Å². The van der Waals surface area contributed by atoms with E-state index in [1.54, 1.807) is 0 Å². The SMILES string of the molecule is CNC(CCCc1ccccc1)c1ncccc1C. The second-order valence-electron chi connectivity index (χ2n) is 4.92. The van der Waals surface area contributed by atoms with E-state index in [2.05, 4.69) is 53.6 Å². The molecular weight excluding hydrogens is 232 g/mol. The fourth-order valence-corrected chi connectivity index (χ4v) is 2.44. The Labute approximate surface area is 115 Å². The molecule has 2 nitrogen and oxygen atoms in total. The van der Waals surface area contributed by atoms with Gasteiger partial charge in [-0.25, -0.2) is 0 Å². The van der Waals surface area contributed by atoms with Crippen LogP contribution in [0.3, 0.4) is 0 Å². The largest absolute Gasteiger partial charge is 0.312 e. The zero-order valence-electron chi connectivity index (χ0n) is 11.8. The van der Waals surface area contributed by atoms with Crippen LogP contribution in [0, 0.1) is 6.92 Å². The predicted molar refractivity (Wildman–Crippen MR) is 80.2 cm³/mol. The van der Waals surface area contributed by atoms with E-state index >= 15 is 0 Å². The maximum atomic E-state index is 4.51. The number of benzene rings is 1. The maximum absolute atomic E-state index is 4.51. The molecule has 2 aromatic rings. The third-order valence-corrected chi connectivity index (χ3v) is 3.53. The number of hydrogen-bond acceptors (Lipinski definition) is 2. The highest BCUT2D eigenvalue weighted by Crippen LogP contribution is 2.20. The first-order valence-corrected chi connectivity index (χ1v) is 6.94. The van der Waals surface area contributed by atoms with Crippen molar-refractivity contribution in [1.29, 1.82) is 0 Å². The molecule has 0 aliphatic heterocycles. The summed E-state index contributed by atoms with van der Waals surface area (Å²) in [7, 11) is 2.02. The molecule has 0 aliphatic carbocycles. The summed E-state index contributed by atoms with van der Waals surface area (Å²) in [6, 6.07) is 15.1. The second kappa shape index (κ2) is 7.05. The van der Waals surface area contributed by atoms with Crippen molar-refractivity contribution < 1.29 is 0 Å². The van der Waals surface area contributed by atoms with Crippen LogP contribution in [0.2, 0.25) is 0 Å². The van der Waals surface area contributed by atoms with Crippen LogP contribution in [0.4, 0.5) is 0 Å². The van der Waals surface area contributed by atoms with Crippen molar-refractivity contribution >= 4 is 0 Å². The van der Waals surface area contributed by atoms with E-state index in [9.17, 15) is 0 Å². The topological polar surface area (TPSA) is 24.9 Å². The molecule has 0 spiro atoms. The van der Waals surface area contributed by atoms with Gasteiger partial charge in [0.1, 0.15) is 0 Å². The quantitative estimate of drug-likeness (QED) is 0.850. The summed E-state index contributed by atoms with van der Waals surface area (Å²) in [5, 5.41) is 3.38. The van der Waals surface area contributed by atoms with Gasteiger partial charge in [0.05, 0.1) is 5.69 Å². The summed E-state index contributed by atoms with van der Waals surface area (Å²) in [5.74, 6) is 0. The lowest BCUT2D eigenvalue weighted by atomic mass is 10.0. The molecule has 1 heterocycles. The average Bonchev–Trinajstić information content (AvgIpc) is 2.46. The fourth-order valence-electron chi connectivity index (χ4n) is 2.44. The monoisotopic (exact) mass is 254 g/mol. The molecule has 2 rings (SSSR count). The van der Waals surface area contributed by atoms with Crippen molar-refractivity contribution in [2.75, 3.05) is 7.05 Å². The summed E-state index contributed by atoms with van der Waals surface area (Å²) < 4.78 is 0. The van der Waals surface area contributed by atoms with Crippen LogP contribution >= 0.6 is 0 Å². The molecule has 0 fully saturated rings. The summed E-state index contributed by atoms with van der Waals surface area (Å²) >= 11 is 0. The van der Waals surface area contributed by atoms with Crippen LogP contribution in [0.5, 0.6) is 0 Å². The van der Waals surface area contributed by atoms with E-state index in [1.807, 2.05) is 19.3 Å². The van der Waals surface area contributed by atoms with E-state index in [0.29, 0.717) is 6.04 Å². The van der Waals surface area contributed by atoms with Crippen molar-refractivity contribution in [3.05, 3.63) is 65.5 Å². The number of hydrogen-bond donors (Lipinski definition) is 1. The summed E-state index contributed by atoms with van der Waals surface area (Å²) in [6.45, 7) is 2.13. The van der Waals surface area contributed by atoms with Gasteiger partial charge in [-0.3, -0.25) is 4.98 Å². The van der Waals surface area contributed by atoms with Gasteiger partial charge >= 0.3 is 0 Å². The first-order chi connectivity index (χ1) is 9.31. The van der Waals surface area contributed by atoms with Gasteiger partial charge in [-0.15, -0.1) is 0 Å². The summed E-state index contributed by atoms with van der Waals surface area (Å²) in [6.07, 6.45) is 5.30. The number of aromatic nitrogens is 1. The van der Waals surface area contributed by atoms with Gasteiger partial charge in [0.25, 0.3) is 0 Å². The molecule has 1 N–H and O–H groups in total. The molecule has 1 unspecified atom stereocenters. The zero-order chi connectivity index (χ0) is 13.5. The van der Waals surface area contributed by atoms with Gasteiger partial charge in [-0.05, 0) is 50.4 Å². The van der Waals surface area contributed by atoms with Gasteiger partial charge in [0, 0.05) is 12.2 Å². The molecule has 0 saturated carbocycles. The van der Waals surface area contributed by atoms with E-state index < -0.39 is 0 Å². The Bertz CT molecular complexity index is 494. The molecule has 0 aliphatic rings. The molecule has 1 aromatic heterocycles. The Hall–Kier alpha value is -1.67. The molecule has 0 saturated heterocycles. The Kier molecular flexibility index (Phi) is 5.10. The molecule has 1 aromatic carbocycles. The highest BCUT2D eigenvalue weighted by molar-refractivity contribution is 5.21. The molecule has 0 amide bonds. The van der Waals surface area contributed by atoms with Crippen LogP contribution in [0.15, 0.2) is 48.7 Å². The number of rotatable bonds is 6. The highest BCUT2D eigenvalue weighted by atomic mass is 14.9. The lowest BCUT2D eigenvalue weighted by Gasteiger charge is -2.17.